The standard InChI is InChI=1S/C16H24ClN3/c17-13-3-1-5-15(11-13)19-7-9-20(10-8-19)16-6-2-4-14(18)12-16/h1,3,5,11,14,16H,2,4,6-10,12,18H2. The van der Waals surface area contributed by atoms with Crippen molar-refractivity contribution in [3.05, 3.63) is 29.3 Å². The maximum atomic E-state index is 6.12. The van der Waals surface area contributed by atoms with Gasteiger partial charge >= 0.3 is 0 Å². The SMILES string of the molecule is NC1CCCC(N2CCN(c3cccc(Cl)c3)CC2)C1. The van der Waals surface area contributed by atoms with Crippen LogP contribution in [0.3, 0.4) is 0 Å². The van der Waals surface area contributed by atoms with Gasteiger partial charge in [0.25, 0.3) is 0 Å². The van der Waals surface area contributed by atoms with Crippen molar-refractivity contribution < 1.29 is 0 Å². The van der Waals surface area contributed by atoms with Crippen LogP contribution < -0.4 is 10.6 Å². The van der Waals surface area contributed by atoms with E-state index < -0.39 is 0 Å². The zero-order valence-electron chi connectivity index (χ0n) is 12.0. The lowest BCUT2D eigenvalue weighted by Gasteiger charge is -2.42. The van der Waals surface area contributed by atoms with E-state index in [1.54, 1.807) is 0 Å². The quantitative estimate of drug-likeness (QED) is 0.910. The number of hydrogen-bond acceptors (Lipinski definition) is 3. The minimum Gasteiger partial charge on any atom is -0.369 e. The van der Waals surface area contributed by atoms with Gasteiger partial charge < -0.3 is 10.6 Å². The second-order valence-electron chi connectivity index (χ2n) is 6.08. The number of benzene rings is 1. The highest BCUT2D eigenvalue weighted by Crippen LogP contribution is 2.25. The fraction of sp³-hybridized carbons (Fsp3) is 0.625. The Kier molecular flexibility index (Phi) is 4.49. The fourth-order valence-electron chi connectivity index (χ4n) is 3.55. The Morgan fingerprint density at radius 3 is 2.60 bits per heavy atom. The van der Waals surface area contributed by atoms with Crippen LogP contribution in [0.5, 0.6) is 0 Å². The van der Waals surface area contributed by atoms with Gasteiger partial charge in [0.1, 0.15) is 0 Å². The molecule has 2 fully saturated rings. The summed E-state index contributed by atoms with van der Waals surface area (Å²) < 4.78 is 0. The van der Waals surface area contributed by atoms with Crippen LogP contribution in [0.1, 0.15) is 25.7 Å². The summed E-state index contributed by atoms with van der Waals surface area (Å²) in [6, 6.07) is 9.31. The zero-order valence-corrected chi connectivity index (χ0v) is 12.7. The molecule has 3 rings (SSSR count). The summed E-state index contributed by atoms with van der Waals surface area (Å²) >= 11 is 6.08. The third-order valence-corrected chi connectivity index (χ3v) is 4.93. The number of rotatable bonds is 2. The molecule has 3 nitrogen and oxygen atoms in total. The Bertz CT molecular complexity index is 443. The van der Waals surface area contributed by atoms with E-state index in [1.807, 2.05) is 12.1 Å². The molecule has 0 bridgehead atoms. The van der Waals surface area contributed by atoms with Crippen molar-refractivity contribution in [2.24, 2.45) is 5.73 Å². The Labute approximate surface area is 126 Å². The maximum absolute atomic E-state index is 6.12. The number of hydrogen-bond donors (Lipinski definition) is 1. The van der Waals surface area contributed by atoms with Crippen molar-refractivity contribution in [3.8, 4) is 0 Å². The minimum absolute atomic E-state index is 0.416. The van der Waals surface area contributed by atoms with Gasteiger partial charge in [-0.15, -0.1) is 0 Å². The molecule has 1 saturated carbocycles. The molecule has 2 aliphatic rings. The first-order chi connectivity index (χ1) is 9.72. The van der Waals surface area contributed by atoms with Crippen LogP contribution in [0.25, 0.3) is 0 Å². The second kappa shape index (κ2) is 6.33. The molecule has 0 spiro atoms. The van der Waals surface area contributed by atoms with Gasteiger partial charge in [0.05, 0.1) is 0 Å². The minimum atomic E-state index is 0.416. The van der Waals surface area contributed by atoms with E-state index >= 15 is 0 Å². The first kappa shape index (κ1) is 14.2. The summed E-state index contributed by atoms with van der Waals surface area (Å²) in [5.41, 5.74) is 7.36. The average molecular weight is 294 g/mol. The van der Waals surface area contributed by atoms with Crippen LogP contribution >= 0.6 is 11.6 Å². The van der Waals surface area contributed by atoms with E-state index in [4.69, 9.17) is 17.3 Å². The smallest absolute Gasteiger partial charge is 0.0426 e. The van der Waals surface area contributed by atoms with Crippen LogP contribution in [0.15, 0.2) is 24.3 Å². The molecule has 2 atom stereocenters. The Morgan fingerprint density at radius 2 is 1.90 bits per heavy atom. The van der Waals surface area contributed by atoms with Crippen molar-refractivity contribution in [2.75, 3.05) is 31.1 Å². The van der Waals surface area contributed by atoms with E-state index in [2.05, 4.69) is 21.9 Å². The number of nitrogens with zero attached hydrogens (tertiary/aromatic N) is 2. The molecular weight excluding hydrogens is 270 g/mol. The Balaban J connectivity index is 1.56. The lowest BCUT2D eigenvalue weighted by Crippen LogP contribution is -2.52. The highest BCUT2D eigenvalue weighted by Gasteiger charge is 2.27. The molecule has 2 unspecified atom stereocenters. The number of halogens is 1. The molecule has 2 N–H and O–H groups in total. The second-order valence-corrected chi connectivity index (χ2v) is 6.52. The van der Waals surface area contributed by atoms with E-state index in [0.29, 0.717) is 12.1 Å². The van der Waals surface area contributed by atoms with Gasteiger partial charge in [0.15, 0.2) is 0 Å². The van der Waals surface area contributed by atoms with Crippen molar-refractivity contribution in [2.45, 2.75) is 37.8 Å². The van der Waals surface area contributed by atoms with Gasteiger partial charge in [-0.2, -0.15) is 0 Å². The van der Waals surface area contributed by atoms with E-state index in [-0.39, 0.29) is 0 Å². The third kappa shape index (κ3) is 3.27. The molecule has 1 aromatic rings. The van der Waals surface area contributed by atoms with Crippen molar-refractivity contribution in [3.63, 3.8) is 0 Å². The van der Waals surface area contributed by atoms with Crippen molar-refractivity contribution in [1.82, 2.24) is 4.90 Å². The number of nitrogens with two attached hydrogens (primary N) is 1. The first-order valence-corrected chi connectivity index (χ1v) is 8.10. The summed E-state index contributed by atoms with van der Waals surface area (Å²) in [5, 5.41) is 0.822. The molecule has 110 valence electrons. The van der Waals surface area contributed by atoms with Crippen LogP contribution in [-0.4, -0.2) is 43.2 Å². The molecule has 0 amide bonds. The fourth-order valence-corrected chi connectivity index (χ4v) is 3.74. The molecule has 0 aromatic heterocycles. The normalized spacial score (nSPS) is 28.6. The average Bonchev–Trinajstić information content (AvgIpc) is 2.47. The van der Waals surface area contributed by atoms with E-state index in [9.17, 15) is 0 Å². The van der Waals surface area contributed by atoms with Gasteiger partial charge in [0.2, 0.25) is 0 Å². The zero-order chi connectivity index (χ0) is 13.9. The molecular formula is C16H24ClN3. The number of piperazine rings is 1. The maximum Gasteiger partial charge on any atom is 0.0426 e. The van der Waals surface area contributed by atoms with E-state index in [0.717, 1.165) is 31.2 Å². The molecule has 1 aliphatic heterocycles. The summed E-state index contributed by atoms with van der Waals surface area (Å²) in [6.07, 6.45) is 5.00. The van der Waals surface area contributed by atoms with Crippen molar-refractivity contribution in [1.29, 1.82) is 0 Å². The Morgan fingerprint density at radius 1 is 1.10 bits per heavy atom. The van der Waals surface area contributed by atoms with E-state index in [1.165, 1.54) is 31.4 Å². The van der Waals surface area contributed by atoms with Gasteiger partial charge in [-0.3, -0.25) is 4.90 Å². The molecule has 20 heavy (non-hydrogen) atoms. The number of anilines is 1. The van der Waals surface area contributed by atoms with Gasteiger partial charge in [0, 0.05) is 49.0 Å². The molecule has 4 heteroatoms. The Hall–Kier alpha value is -0.770. The predicted molar refractivity (Wildman–Crippen MR) is 85.5 cm³/mol. The van der Waals surface area contributed by atoms with Gasteiger partial charge in [-0.05, 0) is 37.5 Å². The summed E-state index contributed by atoms with van der Waals surface area (Å²) in [5.74, 6) is 0. The molecule has 1 aliphatic carbocycles. The molecule has 1 heterocycles. The molecule has 1 aromatic carbocycles. The summed E-state index contributed by atoms with van der Waals surface area (Å²) in [6.45, 7) is 4.46. The predicted octanol–water partition coefficient (Wildman–Crippen LogP) is 2.73. The van der Waals surface area contributed by atoms with Crippen LogP contribution in [0, 0.1) is 0 Å². The lowest BCUT2D eigenvalue weighted by molar-refractivity contribution is 0.140. The summed E-state index contributed by atoms with van der Waals surface area (Å²) in [7, 11) is 0. The van der Waals surface area contributed by atoms with Crippen LogP contribution in [0.4, 0.5) is 5.69 Å². The van der Waals surface area contributed by atoms with Gasteiger partial charge in [-0.1, -0.05) is 24.1 Å². The topological polar surface area (TPSA) is 32.5 Å². The third-order valence-electron chi connectivity index (χ3n) is 4.69. The largest absolute Gasteiger partial charge is 0.369 e. The monoisotopic (exact) mass is 293 g/mol. The molecule has 0 radical (unpaired) electrons. The lowest BCUT2D eigenvalue weighted by atomic mass is 9.90. The first-order valence-electron chi connectivity index (χ1n) is 7.72. The van der Waals surface area contributed by atoms with Crippen molar-refractivity contribution >= 4 is 17.3 Å². The van der Waals surface area contributed by atoms with Gasteiger partial charge in [-0.25, -0.2) is 0 Å². The van der Waals surface area contributed by atoms with Crippen LogP contribution in [0.2, 0.25) is 5.02 Å². The highest BCUT2D eigenvalue weighted by atomic mass is 35.5. The molecule has 1 saturated heterocycles. The highest BCUT2D eigenvalue weighted by molar-refractivity contribution is 6.30. The van der Waals surface area contributed by atoms with Crippen LogP contribution in [-0.2, 0) is 0 Å². The summed E-state index contributed by atoms with van der Waals surface area (Å²) in [4.78, 5) is 5.07.